The van der Waals surface area contributed by atoms with E-state index in [1.165, 1.54) is 0 Å². The molecule has 5 heteroatoms. The molecule has 2 atom stereocenters. The fourth-order valence-corrected chi connectivity index (χ4v) is 1.38. The summed E-state index contributed by atoms with van der Waals surface area (Å²) in [5.41, 5.74) is 2.71. The highest BCUT2D eigenvalue weighted by atomic mass is 16.5. The van der Waals surface area contributed by atoms with Gasteiger partial charge in [-0.05, 0) is 6.42 Å². The average Bonchev–Trinajstić information content (AvgIpc) is 2.50. The molecule has 1 rings (SSSR count). The van der Waals surface area contributed by atoms with E-state index in [4.69, 9.17) is 4.74 Å². The van der Waals surface area contributed by atoms with Crippen LogP contribution in [0.3, 0.4) is 0 Å². The molecule has 0 aromatic rings. The number of amides is 1. The second kappa shape index (κ2) is 4.55. The van der Waals surface area contributed by atoms with E-state index in [0.717, 1.165) is 13.0 Å². The molecule has 0 spiro atoms. The number of hydrazine groups is 1. The lowest BCUT2D eigenvalue weighted by molar-refractivity contribution is -0.126. The van der Waals surface area contributed by atoms with Gasteiger partial charge >= 0.3 is 0 Å². The molecule has 1 fully saturated rings. The van der Waals surface area contributed by atoms with Crippen molar-refractivity contribution < 1.29 is 9.53 Å². The van der Waals surface area contributed by atoms with Crippen LogP contribution < -0.4 is 10.7 Å². The molecule has 0 aromatic carbocycles. The summed E-state index contributed by atoms with van der Waals surface area (Å²) in [6.45, 7) is 0.752. The van der Waals surface area contributed by atoms with Crippen molar-refractivity contribution in [2.24, 2.45) is 0 Å². The van der Waals surface area contributed by atoms with Gasteiger partial charge in [0.25, 0.3) is 5.91 Å². The fraction of sp³-hybridized carbons (Fsp3) is 0.875. The number of carbonyl (C=O) groups excluding carboxylic acids is 1. The van der Waals surface area contributed by atoms with Gasteiger partial charge in [-0.3, -0.25) is 10.2 Å². The summed E-state index contributed by atoms with van der Waals surface area (Å²) < 4.78 is 5.14. The summed E-state index contributed by atoms with van der Waals surface area (Å²) in [4.78, 5) is 11.4. The van der Waals surface area contributed by atoms with E-state index in [-0.39, 0.29) is 18.1 Å². The number of rotatable bonds is 3. The van der Waals surface area contributed by atoms with Crippen LogP contribution in [0, 0.1) is 0 Å². The Kier molecular flexibility index (Phi) is 3.65. The van der Waals surface area contributed by atoms with E-state index in [0.29, 0.717) is 0 Å². The number of nitrogens with zero attached hydrogens (tertiary/aromatic N) is 1. The van der Waals surface area contributed by atoms with Crippen LogP contribution in [-0.2, 0) is 9.53 Å². The van der Waals surface area contributed by atoms with Gasteiger partial charge in [0.1, 0.15) is 0 Å². The summed E-state index contributed by atoms with van der Waals surface area (Å²) in [6.07, 6.45) is 0.911. The second-order valence-corrected chi connectivity index (χ2v) is 3.42. The lowest BCUT2D eigenvalue weighted by Gasteiger charge is -2.15. The number of hydrogen-bond donors (Lipinski definition) is 2. The van der Waals surface area contributed by atoms with Crippen molar-refractivity contribution in [3.05, 3.63) is 0 Å². The second-order valence-electron chi connectivity index (χ2n) is 3.42. The molecule has 1 aliphatic rings. The minimum atomic E-state index is -0.118. The number of methoxy groups -OCH3 is 1. The lowest BCUT2D eigenvalue weighted by Crippen LogP contribution is -2.46. The van der Waals surface area contributed by atoms with Crippen LogP contribution in [0.4, 0.5) is 0 Å². The molecule has 2 N–H and O–H groups in total. The summed E-state index contributed by atoms with van der Waals surface area (Å²) in [7, 11) is 5.25. The Morgan fingerprint density at radius 1 is 1.62 bits per heavy atom. The van der Waals surface area contributed by atoms with Crippen molar-refractivity contribution in [2.45, 2.75) is 18.6 Å². The highest BCUT2D eigenvalue weighted by Gasteiger charge is 2.29. The normalized spacial score (nSPS) is 28.0. The highest BCUT2D eigenvalue weighted by molar-refractivity contribution is 5.81. The predicted octanol–water partition coefficient (Wildman–Crippen LogP) is -1.04. The Balaban J connectivity index is 2.33. The van der Waals surface area contributed by atoms with E-state index >= 15 is 0 Å². The van der Waals surface area contributed by atoms with Crippen LogP contribution in [0.5, 0.6) is 0 Å². The third-order valence-corrected chi connectivity index (χ3v) is 2.07. The Morgan fingerprint density at radius 2 is 2.31 bits per heavy atom. The zero-order chi connectivity index (χ0) is 9.84. The van der Waals surface area contributed by atoms with Gasteiger partial charge in [0.15, 0.2) is 0 Å². The molecular formula is C8H17N3O2. The molecule has 2 unspecified atom stereocenters. The van der Waals surface area contributed by atoms with Gasteiger partial charge in [-0.25, -0.2) is 5.01 Å². The van der Waals surface area contributed by atoms with Crippen molar-refractivity contribution in [3.8, 4) is 0 Å². The Bertz CT molecular complexity index is 184. The third-order valence-electron chi connectivity index (χ3n) is 2.07. The van der Waals surface area contributed by atoms with E-state index < -0.39 is 0 Å². The van der Waals surface area contributed by atoms with Crippen molar-refractivity contribution >= 4 is 5.91 Å². The zero-order valence-electron chi connectivity index (χ0n) is 8.33. The van der Waals surface area contributed by atoms with Crippen LogP contribution in [-0.4, -0.2) is 50.8 Å². The van der Waals surface area contributed by atoms with E-state index in [2.05, 4.69) is 10.7 Å². The first-order chi connectivity index (χ1) is 6.13. The third kappa shape index (κ3) is 2.95. The van der Waals surface area contributed by atoms with Gasteiger partial charge in [0.05, 0.1) is 12.1 Å². The summed E-state index contributed by atoms with van der Waals surface area (Å²) >= 11 is 0. The minimum absolute atomic E-state index is 0.00421. The average molecular weight is 187 g/mol. The zero-order valence-corrected chi connectivity index (χ0v) is 8.33. The summed E-state index contributed by atoms with van der Waals surface area (Å²) in [5.74, 6) is 0.00421. The summed E-state index contributed by atoms with van der Waals surface area (Å²) in [6, 6.07) is -0.118. The molecule has 13 heavy (non-hydrogen) atoms. The van der Waals surface area contributed by atoms with Crippen molar-refractivity contribution in [1.29, 1.82) is 0 Å². The van der Waals surface area contributed by atoms with Gasteiger partial charge in [-0.15, -0.1) is 0 Å². The molecular weight excluding hydrogens is 170 g/mol. The standard InChI is InChI=1S/C8H17N3O2/c1-11(2)10-8(12)7-4-6(13-3)5-9-7/h6-7,9H,4-5H2,1-3H3,(H,10,12). The van der Waals surface area contributed by atoms with Gasteiger partial charge in [0, 0.05) is 27.7 Å². The van der Waals surface area contributed by atoms with Crippen molar-refractivity contribution in [1.82, 2.24) is 15.8 Å². The molecule has 1 amide bonds. The molecule has 0 radical (unpaired) electrons. The maximum atomic E-state index is 11.4. The summed E-state index contributed by atoms with van der Waals surface area (Å²) in [5, 5.41) is 4.74. The fourth-order valence-electron chi connectivity index (χ4n) is 1.38. The van der Waals surface area contributed by atoms with Crippen LogP contribution in [0.15, 0.2) is 0 Å². The van der Waals surface area contributed by atoms with Gasteiger partial charge in [-0.2, -0.15) is 0 Å². The first-order valence-corrected chi connectivity index (χ1v) is 4.37. The van der Waals surface area contributed by atoms with Crippen LogP contribution in [0.1, 0.15) is 6.42 Å². The number of carbonyl (C=O) groups is 1. The Labute approximate surface area is 78.4 Å². The highest BCUT2D eigenvalue weighted by Crippen LogP contribution is 2.09. The quantitative estimate of drug-likeness (QED) is 0.554. The molecule has 0 bridgehead atoms. The van der Waals surface area contributed by atoms with E-state index in [1.807, 2.05) is 0 Å². The molecule has 1 saturated heterocycles. The van der Waals surface area contributed by atoms with Crippen LogP contribution >= 0.6 is 0 Å². The molecule has 0 saturated carbocycles. The Hall–Kier alpha value is -0.650. The Morgan fingerprint density at radius 3 is 2.77 bits per heavy atom. The SMILES string of the molecule is COC1CNC(C(=O)NN(C)C)C1. The van der Waals surface area contributed by atoms with E-state index in [9.17, 15) is 4.79 Å². The maximum Gasteiger partial charge on any atom is 0.251 e. The smallest absolute Gasteiger partial charge is 0.251 e. The minimum Gasteiger partial charge on any atom is -0.380 e. The number of nitrogens with one attached hydrogen (secondary N) is 2. The van der Waals surface area contributed by atoms with Gasteiger partial charge in [0.2, 0.25) is 0 Å². The first kappa shape index (κ1) is 10.4. The predicted molar refractivity (Wildman–Crippen MR) is 49.0 cm³/mol. The van der Waals surface area contributed by atoms with Gasteiger partial charge < -0.3 is 10.1 Å². The molecule has 0 aliphatic carbocycles. The van der Waals surface area contributed by atoms with Crippen LogP contribution in [0.2, 0.25) is 0 Å². The number of hydrogen-bond acceptors (Lipinski definition) is 4. The monoisotopic (exact) mass is 187 g/mol. The topological polar surface area (TPSA) is 53.6 Å². The lowest BCUT2D eigenvalue weighted by atomic mass is 10.2. The maximum absolute atomic E-state index is 11.4. The number of ether oxygens (including phenoxy) is 1. The molecule has 0 aromatic heterocycles. The first-order valence-electron chi connectivity index (χ1n) is 4.37. The largest absolute Gasteiger partial charge is 0.380 e. The molecule has 1 aliphatic heterocycles. The van der Waals surface area contributed by atoms with E-state index in [1.54, 1.807) is 26.2 Å². The van der Waals surface area contributed by atoms with Gasteiger partial charge in [-0.1, -0.05) is 0 Å². The molecule has 76 valence electrons. The van der Waals surface area contributed by atoms with Crippen molar-refractivity contribution in [2.75, 3.05) is 27.7 Å². The molecule has 5 nitrogen and oxygen atoms in total. The molecule has 1 heterocycles. The van der Waals surface area contributed by atoms with Crippen molar-refractivity contribution in [3.63, 3.8) is 0 Å². The van der Waals surface area contributed by atoms with Crippen LogP contribution in [0.25, 0.3) is 0 Å².